The van der Waals surface area contributed by atoms with Crippen molar-refractivity contribution in [1.29, 1.82) is 0 Å². The van der Waals surface area contributed by atoms with Crippen LogP contribution in [0.4, 0.5) is 11.4 Å². The van der Waals surface area contributed by atoms with Crippen molar-refractivity contribution >= 4 is 33.2 Å². The van der Waals surface area contributed by atoms with Gasteiger partial charge >= 0.3 is 0 Å². The standard InChI is InChI=1S/C15H16BrN3O2/c1-21-14-5-2-9(16)6-12(14)18-15(20)13-7-10(17)8-19(13)11-3-4-11/h2,5-8,11H,3-4,17H2,1H3,(H,18,20). The van der Waals surface area contributed by atoms with Crippen LogP contribution in [0.1, 0.15) is 29.4 Å². The molecule has 0 bridgehead atoms. The molecule has 1 heterocycles. The molecule has 3 rings (SSSR count). The predicted octanol–water partition coefficient (Wildman–Crippen LogP) is 3.43. The summed E-state index contributed by atoms with van der Waals surface area (Å²) >= 11 is 3.39. The fourth-order valence-electron chi connectivity index (χ4n) is 2.30. The normalized spacial score (nSPS) is 14.0. The zero-order chi connectivity index (χ0) is 15.0. The van der Waals surface area contributed by atoms with Gasteiger partial charge in [-0.25, -0.2) is 0 Å². The van der Waals surface area contributed by atoms with Crippen LogP contribution in [0, 0.1) is 0 Å². The first-order chi connectivity index (χ1) is 10.1. The van der Waals surface area contributed by atoms with Crippen LogP contribution in [0.25, 0.3) is 0 Å². The summed E-state index contributed by atoms with van der Waals surface area (Å²) in [4.78, 5) is 12.5. The smallest absolute Gasteiger partial charge is 0.272 e. The number of carbonyl (C=O) groups excluding carboxylic acids is 1. The Bertz CT molecular complexity index is 692. The van der Waals surface area contributed by atoms with Gasteiger partial charge in [0, 0.05) is 16.7 Å². The van der Waals surface area contributed by atoms with Crippen LogP contribution in [0.2, 0.25) is 0 Å². The van der Waals surface area contributed by atoms with Crippen molar-refractivity contribution in [3.05, 3.63) is 40.6 Å². The Kier molecular flexibility index (Phi) is 3.63. The highest BCUT2D eigenvalue weighted by Gasteiger charge is 2.28. The van der Waals surface area contributed by atoms with Gasteiger partial charge < -0.3 is 20.4 Å². The average molecular weight is 350 g/mol. The lowest BCUT2D eigenvalue weighted by Gasteiger charge is -2.12. The molecular formula is C15H16BrN3O2. The number of hydrogen-bond donors (Lipinski definition) is 2. The maximum Gasteiger partial charge on any atom is 0.272 e. The molecule has 2 aromatic rings. The lowest BCUT2D eigenvalue weighted by atomic mass is 10.2. The third-order valence-corrected chi connectivity index (χ3v) is 3.95. The van der Waals surface area contributed by atoms with Gasteiger partial charge in [-0.3, -0.25) is 4.79 Å². The van der Waals surface area contributed by atoms with Gasteiger partial charge in [0.05, 0.1) is 18.5 Å². The predicted molar refractivity (Wildman–Crippen MR) is 85.8 cm³/mol. The van der Waals surface area contributed by atoms with Crippen LogP contribution >= 0.6 is 15.9 Å². The summed E-state index contributed by atoms with van der Waals surface area (Å²) in [5, 5.41) is 2.88. The van der Waals surface area contributed by atoms with Crippen molar-refractivity contribution in [2.45, 2.75) is 18.9 Å². The van der Waals surface area contributed by atoms with E-state index in [1.807, 2.05) is 22.9 Å². The number of nitrogens with one attached hydrogen (secondary N) is 1. The lowest BCUT2D eigenvalue weighted by Crippen LogP contribution is -2.16. The highest BCUT2D eigenvalue weighted by atomic mass is 79.9. The SMILES string of the molecule is COc1ccc(Br)cc1NC(=O)c1cc(N)cn1C1CC1. The summed E-state index contributed by atoms with van der Waals surface area (Å²) in [5.41, 5.74) is 7.63. The largest absolute Gasteiger partial charge is 0.495 e. The Labute approximate surface area is 131 Å². The van der Waals surface area contributed by atoms with Gasteiger partial charge in [0.15, 0.2) is 0 Å². The first-order valence-electron chi connectivity index (χ1n) is 6.70. The number of ether oxygens (including phenoxy) is 1. The van der Waals surface area contributed by atoms with E-state index in [2.05, 4.69) is 21.2 Å². The molecule has 3 N–H and O–H groups in total. The van der Waals surface area contributed by atoms with Crippen LogP contribution in [0.5, 0.6) is 5.75 Å². The van der Waals surface area contributed by atoms with Crippen molar-refractivity contribution in [2.75, 3.05) is 18.2 Å². The van der Waals surface area contributed by atoms with E-state index < -0.39 is 0 Å². The Balaban J connectivity index is 1.88. The Morgan fingerprint density at radius 3 is 2.86 bits per heavy atom. The van der Waals surface area contributed by atoms with Gasteiger partial charge in [-0.05, 0) is 37.1 Å². The van der Waals surface area contributed by atoms with Crippen molar-refractivity contribution in [3.63, 3.8) is 0 Å². The minimum absolute atomic E-state index is 0.185. The molecule has 0 atom stereocenters. The number of amides is 1. The number of aromatic nitrogens is 1. The van der Waals surface area contributed by atoms with E-state index in [0.717, 1.165) is 17.3 Å². The summed E-state index contributed by atoms with van der Waals surface area (Å²) in [7, 11) is 1.57. The van der Waals surface area contributed by atoms with E-state index in [1.54, 1.807) is 19.2 Å². The van der Waals surface area contributed by atoms with Gasteiger partial charge in [0.2, 0.25) is 0 Å². The molecule has 1 fully saturated rings. The highest BCUT2D eigenvalue weighted by molar-refractivity contribution is 9.10. The number of rotatable bonds is 4. The number of hydrogen-bond acceptors (Lipinski definition) is 3. The Morgan fingerprint density at radius 2 is 2.19 bits per heavy atom. The number of nitrogens with zero attached hydrogens (tertiary/aromatic N) is 1. The summed E-state index contributed by atoms with van der Waals surface area (Å²) in [6.45, 7) is 0. The van der Waals surface area contributed by atoms with Crippen LogP contribution in [0.3, 0.4) is 0 Å². The number of halogens is 1. The molecule has 0 aliphatic heterocycles. The molecule has 1 aromatic carbocycles. The summed E-state index contributed by atoms with van der Waals surface area (Å²) < 4.78 is 8.09. The molecule has 0 unspecified atom stereocenters. The van der Waals surface area contributed by atoms with E-state index in [0.29, 0.717) is 28.9 Å². The molecule has 0 radical (unpaired) electrons. The molecule has 5 nitrogen and oxygen atoms in total. The monoisotopic (exact) mass is 349 g/mol. The molecule has 21 heavy (non-hydrogen) atoms. The summed E-state index contributed by atoms with van der Waals surface area (Å²) in [5.74, 6) is 0.430. The molecule has 1 aliphatic rings. The fraction of sp³-hybridized carbons (Fsp3) is 0.267. The van der Waals surface area contributed by atoms with E-state index in [9.17, 15) is 4.79 Å². The quantitative estimate of drug-likeness (QED) is 0.888. The van der Waals surface area contributed by atoms with Gasteiger partial charge in [-0.2, -0.15) is 0 Å². The van der Waals surface area contributed by atoms with E-state index in [-0.39, 0.29) is 5.91 Å². The second-order valence-electron chi connectivity index (χ2n) is 5.10. The van der Waals surface area contributed by atoms with Crippen molar-refractivity contribution in [3.8, 4) is 5.75 Å². The van der Waals surface area contributed by atoms with E-state index in [4.69, 9.17) is 10.5 Å². The number of anilines is 2. The maximum atomic E-state index is 12.5. The number of benzene rings is 1. The molecule has 0 saturated heterocycles. The van der Waals surface area contributed by atoms with E-state index in [1.165, 1.54) is 0 Å². The zero-order valence-electron chi connectivity index (χ0n) is 11.6. The summed E-state index contributed by atoms with van der Waals surface area (Å²) in [6.07, 6.45) is 4.01. The highest BCUT2D eigenvalue weighted by Crippen LogP contribution is 2.37. The van der Waals surface area contributed by atoms with Gasteiger partial charge in [0.25, 0.3) is 5.91 Å². The summed E-state index contributed by atoms with van der Waals surface area (Å²) in [6, 6.07) is 7.57. The molecule has 6 heteroatoms. The number of nitrogens with two attached hydrogens (primary N) is 1. The third kappa shape index (κ3) is 2.90. The molecule has 1 aromatic heterocycles. The van der Waals surface area contributed by atoms with Crippen LogP contribution in [-0.4, -0.2) is 17.6 Å². The number of nitrogen functional groups attached to an aromatic ring is 1. The Hall–Kier alpha value is -1.95. The van der Waals surface area contributed by atoms with Crippen molar-refractivity contribution in [1.82, 2.24) is 4.57 Å². The number of methoxy groups -OCH3 is 1. The average Bonchev–Trinajstić information content (AvgIpc) is 3.21. The molecule has 1 saturated carbocycles. The minimum Gasteiger partial charge on any atom is -0.495 e. The molecule has 1 aliphatic carbocycles. The van der Waals surface area contributed by atoms with Crippen LogP contribution in [0.15, 0.2) is 34.9 Å². The van der Waals surface area contributed by atoms with Crippen LogP contribution < -0.4 is 15.8 Å². The molecule has 1 amide bonds. The second kappa shape index (κ2) is 5.44. The maximum absolute atomic E-state index is 12.5. The second-order valence-corrected chi connectivity index (χ2v) is 6.01. The topological polar surface area (TPSA) is 69.3 Å². The first kappa shape index (κ1) is 14.0. The Morgan fingerprint density at radius 1 is 1.43 bits per heavy atom. The molecule has 110 valence electrons. The third-order valence-electron chi connectivity index (χ3n) is 3.45. The van der Waals surface area contributed by atoms with Gasteiger partial charge in [-0.15, -0.1) is 0 Å². The van der Waals surface area contributed by atoms with E-state index >= 15 is 0 Å². The molecule has 0 spiro atoms. The van der Waals surface area contributed by atoms with Gasteiger partial charge in [0.1, 0.15) is 11.4 Å². The van der Waals surface area contributed by atoms with Crippen molar-refractivity contribution in [2.24, 2.45) is 0 Å². The minimum atomic E-state index is -0.185. The van der Waals surface area contributed by atoms with Gasteiger partial charge in [-0.1, -0.05) is 15.9 Å². The number of carbonyl (C=O) groups is 1. The molecular weight excluding hydrogens is 334 g/mol. The van der Waals surface area contributed by atoms with Crippen LogP contribution in [-0.2, 0) is 0 Å². The fourth-order valence-corrected chi connectivity index (χ4v) is 2.66. The lowest BCUT2D eigenvalue weighted by molar-refractivity contribution is 0.101. The van der Waals surface area contributed by atoms with Crippen molar-refractivity contribution < 1.29 is 9.53 Å². The zero-order valence-corrected chi connectivity index (χ0v) is 13.2. The first-order valence-corrected chi connectivity index (χ1v) is 7.50.